The minimum Gasteiger partial charge on any atom is -0.352 e. The van der Waals surface area contributed by atoms with Crippen molar-refractivity contribution in [3.63, 3.8) is 0 Å². The van der Waals surface area contributed by atoms with Crippen LogP contribution in [0.2, 0.25) is 0 Å². The van der Waals surface area contributed by atoms with Gasteiger partial charge in [0.1, 0.15) is 0 Å². The number of hydrogen-bond donors (Lipinski definition) is 2. The van der Waals surface area contributed by atoms with Gasteiger partial charge in [-0.05, 0) is 64.6 Å². The van der Waals surface area contributed by atoms with Crippen molar-refractivity contribution in [2.24, 2.45) is 5.41 Å². The van der Waals surface area contributed by atoms with Gasteiger partial charge in [0.05, 0.1) is 6.04 Å². The summed E-state index contributed by atoms with van der Waals surface area (Å²) in [6.07, 6.45) is 4.79. The number of halogens is 1. The van der Waals surface area contributed by atoms with Crippen molar-refractivity contribution in [3.8, 4) is 0 Å². The molecule has 2 aliphatic heterocycles. The summed E-state index contributed by atoms with van der Waals surface area (Å²) in [5, 5.41) is 6.54. The van der Waals surface area contributed by atoms with Gasteiger partial charge in [0, 0.05) is 12.6 Å². The molecule has 20 heavy (non-hydrogen) atoms. The van der Waals surface area contributed by atoms with Gasteiger partial charge in [-0.3, -0.25) is 9.69 Å². The van der Waals surface area contributed by atoms with Crippen molar-refractivity contribution in [1.29, 1.82) is 0 Å². The van der Waals surface area contributed by atoms with Crippen LogP contribution in [0.15, 0.2) is 0 Å². The Morgan fingerprint density at radius 1 is 1.30 bits per heavy atom. The average Bonchev–Trinajstić information content (AvgIpc) is 2.82. The topological polar surface area (TPSA) is 44.4 Å². The molecular weight excluding hydrogens is 274 g/mol. The highest BCUT2D eigenvalue weighted by molar-refractivity contribution is 5.85. The van der Waals surface area contributed by atoms with Crippen molar-refractivity contribution in [2.45, 2.75) is 58.5 Å². The first-order valence-electron chi connectivity index (χ1n) is 7.81. The molecule has 4 nitrogen and oxygen atoms in total. The van der Waals surface area contributed by atoms with Gasteiger partial charge in [0.15, 0.2) is 0 Å². The third kappa shape index (κ3) is 4.09. The Hall–Kier alpha value is -0.320. The first-order valence-corrected chi connectivity index (χ1v) is 7.81. The molecule has 0 aliphatic carbocycles. The predicted octanol–water partition coefficient (Wildman–Crippen LogP) is 1.79. The molecule has 2 N–H and O–H groups in total. The fourth-order valence-electron chi connectivity index (χ4n) is 3.30. The molecule has 0 saturated carbocycles. The summed E-state index contributed by atoms with van der Waals surface area (Å²) in [7, 11) is 0. The highest BCUT2D eigenvalue weighted by atomic mass is 35.5. The maximum atomic E-state index is 12.2. The largest absolute Gasteiger partial charge is 0.352 e. The van der Waals surface area contributed by atoms with Crippen LogP contribution in [0.4, 0.5) is 0 Å². The number of nitrogens with one attached hydrogen (secondary N) is 2. The number of likely N-dealkylation sites (tertiary alicyclic amines) is 1. The second kappa shape index (κ2) is 7.62. The van der Waals surface area contributed by atoms with Crippen molar-refractivity contribution in [3.05, 3.63) is 0 Å². The molecule has 2 rings (SSSR count). The minimum atomic E-state index is 0. The summed E-state index contributed by atoms with van der Waals surface area (Å²) in [5.41, 5.74) is 0.482. The molecule has 0 aromatic rings. The van der Waals surface area contributed by atoms with Crippen molar-refractivity contribution >= 4 is 18.3 Å². The molecule has 2 atom stereocenters. The number of carbonyl (C=O) groups excluding carboxylic acids is 1. The average molecular weight is 304 g/mol. The quantitative estimate of drug-likeness (QED) is 0.832. The molecule has 1 spiro atoms. The monoisotopic (exact) mass is 303 g/mol. The SMILES string of the molecule is CCC(C)NC(=O)C(C)N1CCC2(CCNCC2)C1.Cl. The maximum absolute atomic E-state index is 12.2. The van der Waals surface area contributed by atoms with E-state index in [0.717, 1.165) is 32.6 Å². The summed E-state index contributed by atoms with van der Waals surface area (Å²) in [6, 6.07) is 0.300. The first-order chi connectivity index (χ1) is 9.06. The molecule has 0 aromatic carbocycles. The van der Waals surface area contributed by atoms with E-state index < -0.39 is 0 Å². The van der Waals surface area contributed by atoms with Crippen LogP contribution in [0.3, 0.4) is 0 Å². The van der Waals surface area contributed by atoms with Crippen LogP contribution in [-0.4, -0.2) is 49.1 Å². The van der Waals surface area contributed by atoms with E-state index in [1.807, 2.05) is 0 Å². The maximum Gasteiger partial charge on any atom is 0.237 e. The van der Waals surface area contributed by atoms with E-state index in [9.17, 15) is 4.79 Å². The number of hydrogen-bond acceptors (Lipinski definition) is 3. The Labute approximate surface area is 129 Å². The molecule has 5 heteroatoms. The lowest BCUT2D eigenvalue weighted by atomic mass is 9.78. The highest BCUT2D eigenvalue weighted by Gasteiger charge is 2.41. The molecule has 2 aliphatic rings. The zero-order chi connectivity index (χ0) is 13.9. The van der Waals surface area contributed by atoms with Gasteiger partial charge in [-0.1, -0.05) is 6.92 Å². The second-order valence-corrected chi connectivity index (χ2v) is 6.46. The Kier molecular flexibility index (Phi) is 6.76. The van der Waals surface area contributed by atoms with Gasteiger partial charge in [0.25, 0.3) is 0 Å². The number of nitrogens with zero attached hydrogens (tertiary/aromatic N) is 1. The van der Waals surface area contributed by atoms with Crippen LogP contribution >= 0.6 is 12.4 Å². The summed E-state index contributed by atoms with van der Waals surface area (Å²) in [6.45, 7) is 10.7. The first kappa shape index (κ1) is 17.7. The molecule has 118 valence electrons. The summed E-state index contributed by atoms with van der Waals surface area (Å²) < 4.78 is 0. The highest BCUT2D eigenvalue weighted by Crippen LogP contribution is 2.39. The predicted molar refractivity (Wildman–Crippen MR) is 85.3 cm³/mol. The zero-order valence-electron chi connectivity index (χ0n) is 13.1. The summed E-state index contributed by atoms with van der Waals surface area (Å²) in [5.74, 6) is 0.195. The zero-order valence-corrected chi connectivity index (χ0v) is 13.9. The Morgan fingerprint density at radius 2 is 1.95 bits per heavy atom. The number of rotatable bonds is 4. The van der Waals surface area contributed by atoms with Crippen LogP contribution in [0, 0.1) is 5.41 Å². The number of amides is 1. The van der Waals surface area contributed by atoms with Gasteiger partial charge in [-0.15, -0.1) is 12.4 Å². The third-order valence-corrected chi connectivity index (χ3v) is 5.06. The molecule has 2 saturated heterocycles. The van der Waals surface area contributed by atoms with E-state index in [2.05, 4.69) is 36.3 Å². The fourth-order valence-corrected chi connectivity index (χ4v) is 3.30. The Balaban J connectivity index is 0.00000200. The molecule has 0 bridgehead atoms. The molecule has 0 radical (unpaired) electrons. The van der Waals surface area contributed by atoms with Gasteiger partial charge >= 0.3 is 0 Å². The van der Waals surface area contributed by atoms with E-state index in [4.69, 9.17) is 0 Å². The summed E-state index contributed by atoms with van der Waals surface area (Å²) >= 11 is 0. The van der Waals surface area contributed by atoms with Gasteiger partial charge in [-0.2, -0.15) is 0 Å². The van der Waals surface area contributed by atoms with Crippen LogP contribution in [0.25, 0.3) is 0 Å². The van der Waals surface area contributed by atoms with Gasteiger partial charge in [-0.25, -0.2) is 0 Å². The molecular formula is C15H30ClN3O. The fraction of sp³-hybridized carbons (Fsp3) is 0.933. The lowest BCUT2D eigenvalue weighted by Crippen LogP contribution is -2.48. The van der Waals surface area contributed by atoms with E-state index in [1.54, 1.807) is 0 Å². The second-order valence-electron chi connectivity index (χ2n) is 6.46. The van der Waals surface area contributed by atoms with Crippen LogP contribution in [0.5, 0.6) is 0 Å². The molecule has 1 amide bonds. The van der Waals surface area contributed by atoms with E-state index in [-0.39, 0.29) is 30.4 Å². The number of piperidine rings is 1. The smallest absolute Gasteiger partial charge is 0.237 e. The molecule has 2 unspecified atom stereocenters. The van der Waals surface area contributed by atoms with Crippen LogP contribution in [0.1, 0.15) is 46.5 Å². The Morgan fingerprint density at radius 3 is 2.55 bits per heavy atom. The minimum absolute atomic E-state index is 0. The van der Waals surface area contributed by atoms with Crippen molar-refractivity contribution in [2.75, 3.05) is 26.2 Å². The van der Waals surface area contributed by atoms with Crippen LogP contribution in [-0.2, 0) is 4.79 Å². The van der Waals surface area contributed by atoms with Crippen molar-refractivity contribution in [1.82, 2.24) is 15.5 Å². The lowest BCUT2D eigenvalue weighted by Gasteiger charge is -2.34. The summed E-state index contributed by atoms with van der Waals surface area (Å²) in [4.78, 5) is 14.6. The van der Waals surface area contributed by atoms with E-state index in [0.29, 0.717) is 5.41 Å². The Bertz CT molecular complexity index is 318. The van der Waals surface area contributed by atoms with Gasteiger partial charge in [0.2, 0.25) is 5.91 Å². The molecule has 2 heterocycles. The molecule has 0 aromatic heterocycles. The van der Waals surface area contributed by atoms with Gasteiger partial charge < -0.3 is 10.6 Å². The molecule has 2 fully saturated rings. The lowest BCUT2D eigenvalue weighted by molar-refractivity contribution is -0.126. The standard InChI is InChI=1S/C15H29N3O.ClH/c1-4-12(2)17-14(19)13(3)18-10-7-15(11-18)5-8-16-9-6-15;/h12-13,16H,4-11H2,1-3H3,(H,17,19);1H. The van der Waals surface area contributed by atoms with E-state index >= 15 is 0 Å². The third-order valence-electron chi connectivity index (χ3n) is 5.06. The van der Waals surface area contributed by atoms with E-state index in [1.165, 1.54) is 19.3 Å². The number of carbonyl (C=O) groups is 1. The van der Waals surface area contributed by atoms with Crippen LogP contribution < -0.4 is 10.6 Å². The van der Waals surface area contributed by atoms with Crippen molar-refractivity contribution < 1.29 is 4.79 Å². The normalized spacial score (nSPS) is 24.9.